The highest BCUT2D eigenvalue weighted by Crippen LogP contribution is 2.37. The molecule has 6 aromatic carbocycles. The average molecular weight is 576 g/mol. The Morgan fingerprint density at radius 1 is 0.356 bits per heavy atom. The van der Waals surface area contributed by atoms with E-state index in [9.17, 15) is 0 Å². The second kappa shape index (κ2) is 10.2. The molecule has 0 spiro atoms. The molecule has 0 amide bonds. The van der Waals surface area contributed by atoms with Gasteiger partial charge < -0.3 is 0 Å². The fourth-order valence-corrected chi connectivity index (χ4v) is 6.27. The predicted molar refractivity (Wildman–Crippen MR) is 183 cm³/mol. The van der Waals surface area contributed by atoms with Crippen molar-refractivity contribution in [2.45, 2.75) is 0 Å². The molecule has 0 fully saturated rings. The molecule has 5 heteroatoms. The zero-order valence-electron chi connectivity index (χ0n) is 24.2. The molecule has 0 bridgehead atoms. The average Bonchev–Trinajstić information content (AvgIpc) is 3.52. The fraction of sp³-hybridized carbons (Fsp3) is 0. The smallest absolute Gasteiger partial charge is 0.164 e. The van der Waals surface area contributed by atoms with E-state index in [2.05, 4.69) is 89.5 Å². The van der Waals surface area contributed by atoms with Crippen molar-refractivity contribution in [2.24, 2.45) is 0 Å². The van der Waals surface area contributed by atoms with Crippen LogP contribution in [-0.2, 0) is 0 Å². The number of fused-ring (bicyclic) bond motifs is 8. The predicted octanol–water partition coefficient (Wildman–Crippen LogP) is 9.65. The van der Waals surface area contributed by atoms with Crippen LogP contribution in [0, 0.1) is 0 Å². The monoisotopic (exact) mass is 575 g/mol. The molecule has 0 N–H and O–H groups in total. The van der Waals surface area contributed by atoms with Crippen LogP contribution in [0.3, 0.4) is 0 Å². The Labute approximate surface area is 259 Å². The molecule has 0 atom stereocenters. The highest BCUT2D eigenvalue weighted by atomic mass is 15.0. The lowest BCUT2D eigenvalue weighted by molar-refractivity contribution is 1.07. The molecule has 0 radical (unpaired) electrons. The second-order valence-electron chi connectivity index (χ2n) is 11.2. The lowest BCUT2D eigenvalue weighted by Crippen LogP contribution is -2.00. The van der Waals surface area contributed by atoms with E-state index in [1.165, 1.54) is 16.2 Å². The van der Waals surface area contributed by atoms with E-state index < -0.39 is 0 Å². The summed E-state index contributed by atoms with van der Waals surface area (Å²) in [6.45, 7) is 0. The van der Waals surface area contributed by atoms with Gasteiger partial charge in [-0.25, -0.2) is 19.9 Å². The number of imidazole rings is 1. The zero-order chi connectivity index (χ0) is 29.7. The third-order valence-corrected chi connectivity index (χ3v) is 8.45. The Morgan fingerprint density at radius 2 is 0.889 bits per heavy atom. The highest BCUT2D eigenvalue weighted by Gasteiger charge is 2.16. The van der Waals surface area contributed by atoms with E-state index >= 15 is 0 Å². The Kier molecular flexibility index (Phi) is 5.74. The minimum atomic E-state index is 0.646. The fourth-order valence-electron chi connectivity index (χ4n) is 6.27. The molecule has 0 aliphatic carbocycles. The van der Waals surface area contributed by atoms with E-state index in [-0.39, 0.29) is 0 Å². The Balaban J connectivity index is 1.16. The van der Waals surface area contributed by atoms with Crippen LogP contribution in [0.15, 0.2) is 152 Å². The van der Waals surface area contributed by atoms with Gasteiger partial charge in [-0.15, -0.1) is 0 Å². The van der Waals surface area contributed by atoms with E-state index in [1.54, 1.807) is 0 Å². The first-order valence-corrected chi connectivity index (χ1v) is 15.0. The summed E-state index contributed by atoms with van der Waals surface area (Å²) in [6, 6.07) is 50.1. The molecule has 45 heavy (non-hydrogen) atoms. The first-order valence-electron chi connectivity index (χ1n) is 15.0. The molecule has 0 unspecified atom stereocenters. The summed E-state index contributed by atoms with van der Waals surface area (Å²) in [5, 5.41) is 4.76. The standard InChI is InChI=1S/C40H25N5/c1-3-11-27(12-4-1)38-42-39(28-13-5-2-6-14-28)44-40(43-38)29-20-18-26(19-21-29)30-22-23-32-34(25-30)31-15-7-8-16-33(31)37-36(32)41-35-17-9-10-24-45(35)37/h1-25H. The van der Waals surface area contributed by atoms with E-state index in [1.807, 2.05) is 66.7 Å². The van der Waals surface area contributed by atoms with Crippen molar-refractivity contribution < 1.29 is 0 Å². The molecule has 0 saturated heterocycles. The van der Waals surface area contributed by atoms with Gasteiger partial charge in [-0.05, 0) is 40.1 Å². The molecule has 3 aromatic heterocycles. The SMILES string of the molecule is c1ccc(-c2nc(-c3ccccc3)nc(-c3ccc(-c4ccc5c(c4)c4ccccc4c4c5nc5ccccn54)cc3)n2)cc1. The van der Waals surface area contributed by atoms with Crippen molar-refractivity contribution in [1.82, 2.24) is 24.3 Å². The summed E-state index contributed by atoms with van der Waals surface area (Å²) in [4.78, 5) is 19.7. The number of pyridine rings is 1. The van der Waals surface area contributed by atoms with Crippen LogP contribution in [0.4, 0.5) is 0 Å². The zero-order valence-corrected chi connectivity index (χ0v) is 24.2. The lowest BCUT2D eigenvalue weighted by atomic mass is 9.95. The summed E-state index contributed by atoms with van der Waals surface area (Å²) in [5.74, 6) is 1.96. The Hall–Kier alpha value is -6.20. The van der Waals surface area contributed by atoms with Gasteiger partial charge in [0.2, 0.25) is 0 Å². The molecule has 3 heterocycles. The number of aromatic nitrogens is 5. The van der Waals surface area contributed by atoms with Gasteiger partial charge in [-0.1, -0.05) is 127 Å². The van der Waals surface area contributed by atoms with Crippen molar-refractivity contribution in [2.75, 3.05) is 0 Å². The lowest BCUT2D eigenvalue weighted by Gasteiger charge is -2.11. The first kappa shape index (κ1) is 25.3. The van der Waals surface area contributed by atoms with Gasteiger partial charge in [0, 0.05) is 33.7 Å². The maximum Gasteiger partial charge on any atom is 0.164 e. The number of benzene rings is 6. The van der Waals surface area contributed by atoms with Gasteiger partial charge in [-0.2, -0.15) is 0 Å². The van der Waals surface area contributed by atoms with Crippen LogP contribution in [0.25, 0.3) is 83.5 Å². The number of rotatable bonds is 4. The molecule has 210 valence electrons. The molecular weight excluding hydrogens is 550 g/mol. The van der Waals surface area contributed by atoms with Gasteiger partial charge in [-0.3, -0.25) is 4.40 Å². The second-order valence-corrected chi connectivity index (χ2v) is 11.2. The minimum Gasteiger partial charge on any atom is -0.299 e. The molecule has 9 aromatic rings. The van der Waals surface area contributed by atoms with Crippen molar-refractivity contribution in [3.63, 3.8) is 0 Å². The van der Waals surface area contributed by atoms with Crippen LogP contribution in [0.1, 0.15) is 0 Å². The quantitative estimate of drug-likeness (QED) is 0.196. The van der Waals surface area contributed by atoms with E-state index in [4.69, 9.17) is 19.9 Å². The van der Waals surface area contributed by atoms with Crippen LogP contribution in [0.2, 0.25) is 0 Å². The van der Waals surface area contributed by atoms with Crippen LogP contribution < -0.4 is 0 Å². The molecule has 5 nitrogen and oxygen atoms in total. The van der Waals surface area contributed by atoms with E-state index in [0.29, 0.717) is 17.5 Å². The van der Waals surface area contributed by atoms with Gasteiger partial charge in [0.1, 0.15) is 5.65 Å². The van der Waals surface area contributed by atoms with Crippen molar-refractivity contribution in [3.8, 4) is 45.3 Å². The molecule has 0 aliphatic heterocycles. The normalized spacial score (nSPS) is 11.6. The Morgan fingerprint density at radius 3 is 1.56 bits per heavy atom. The van der Waals surface area contributed by atoms with Crippen LogP contribution in [0.5, 0.6) is 0 Å². The summed E-state index contributed by atoms with van der Waals surface area (Å²) in [7, 11) is 0. The summed E-state index contributed by atoms with van der Waals surface area (Å²) < 4.78 is 2.19. The van der Waals surface area contributed by atoms with Gasteiger partial charge in [0.25, 0.3) is 0 Å². The van der Waals surface area contributed by atoms with Crippen LogP contribution >= 0.6 is 0 Å². The van der Waals surface area contributed by atoms with Crippen molar-refractivity contribution in [1.29, 1.82) is 0 Å². The van der Waals surface area contributed by atoms with Gasteiger partial charge >= 0.3 is 0 Å². The third kappa shape index (κ3) is 4.25. The topological polar surface area (TPSA) is 56.0 Å². The Bertz CT molecular complexity index is 2460. The van der Waals surface area contributed by atoms with Crippen LogP contribution in [-0.4, -0.2) is 24.3 Å². The van der Waals surface area contributed by atoms with Gasteiger partial charge in [0.05, 0.1) is 11.0 Å². The summed E-state index contributed by atoms with van der Waals surface area (Å²) >= 11 is 0. The number of hydrogen-bond acceptors (Lipinski definition) is 4. The maximum atomic E-state index is 5.04. The molecule has 0 aliphatic rings. The third-order valence-electron chi connectivity index (χ3n) is 8.45. The summed E-state index contributed by atoms with van der Waals surface area (Å²) in [6.07, 6.45) is 2.09. The largest absolute Gasteiger partial charge is 0.299 e. The summed E-state index contributed by atoms with van der Waals surface area (Å²) in [5.41, 5.74) is 8.25. The first-order chi connectivity index (χ1) is 22.3. The maximum absolute atomic E-state index is 5.04. The molecule has 0 saturated carbocycles. The molecule has 9 rings (SSSR count). The highest BCUT2D eigenvalue weighted by molar-refractivity contribution is 6.24. The number of hydrogen-bond donors (Lipinski definition) is 0. The molecular formula is C40H25N5. The van der Waals surface area contributed by atoms with Crippen molar-refractivity contribution in [3.05, 3.63) is 152 Å². The number of nitrogens with zero attached hydrogens (tertiary/aromatic N) is 5. The van der Waals surface area contributed by atoms with Gasteiger partial charge in [0.15, 0.2) is 17.5 Å². The minimum absolute atomic E-state index is 0.646. The van der Waals surface area contributed by atoms with E-state index in [0.717, 1.165) is 49.9 Å². The van der Waals surface area contributed by atoms with Crippen molar-refractivity contribution >= 4 is 38.2 Å².